The molecule has 0 spiro atoms. The van der Waals surface area contributed by atoms with Gasteiger partial charge < -0.3 is 13.7 Å². The van der Waals surface area contributed by atoms with Crippen LogP contribution in [-0.4, -0.2) is 13.7 Å². The van der Waals surface area contributed by atoms with E-state index in [0.717, 1.165) is 10.6 Å². The highest BCUT2D eigenvalue weighted by Gasteiger charge is 2.21. The summed E-state index contributed by atoms with van der Waals surface area (Å²) in [5.74, 6) is 0. The number of rotatable bonds is 5. The first kappa shape index (κ1) is 17.9. The maximum absolute atomic E-state index is 10.3. The van der Waals surface area contributed by atoms with Crippen molar-refractivity contribution in [2.45, 2.75) is 0 Å². The van der Waals surface area contributed by atoms with E-state index in [2.05, 4.69) is 0 Å². The number of hydrogen-bond donors (Lipinski definition) is 0. The number of nitrogens with zero attached hydrogens (tertiary/aromatic N) is 3. The first-order chi connectivity index (χ1) is 36.6. The third kappa shape index (κ3) is 4.73. The summed E-state index contributed by atoms with van der Waals surface area (Å²) in [4.78, 5) is 0. The van der Waals surface area contributed by atoms with Crippen molar-refractivity contribution >= 4 is 65.4 Å². The molecule has 0 radical (unpaired) electrons. The first-order valence-corrected chi connectivity index (χ1v) is 18.0. The van der Waals surface area contributed by atoms with Crippen LogP contribution in [0.1, 0.15) is 27.4 Å². The molecule has 0 aliphatic carbocycles. The summed E-state index contributed by atoms with van der Waals surface area (Å²) in [5.41, 5.74) is -0.716. The van der Waals surface area contributed by atoms with Crippen LogP contribution >= 0.6 is 0 Å². The average molecular weight is 746 g/mol. The molecule has 266 valence electrons. The van der Waals surface area contributed by atoms with Crippen molar-refractivity contribution < 1.29 is 27.4 Å². The van der Waals surface area contributed by atoms with Gasteiger partial charge in [0.25, 0.3) is 0 Å². The fraction of sp³-hybridized carbons (Fsp3) is 0. The molecule has 0 fully saturated rings. The van der Waals surface area contributed by atoms with Gasteiger partial charge in [-0.25, -0.2) is 0 Å². The van der Waals surface area contributed by atoms with Gasteiger partial charge in [0.15, 0.2) is 0 Å². The Balaban J connectivity index is 1.30. The van der Waals surface area contributed by atoms with E-state index in [1.165, 1.54) is 9.13 Å². The van der Waals surface area contributed by atoms with Crippen LogP contribution in [0.15, 0.2) is 212 Å². The molecule has 3 heteroatoms. The number of benzene rings is 9. The molecule has 0 saturated heterocycles. The Kier molecular flexibility index (Phi) is 3.91. The van der Waals surface area contributed by atoms with Crippen molar-refractivity contribution in [1.82, 2.24) is 13.7 Å². The van der Waals surface area contributed by atoms with E-state index in [9.17, 15) is 16.4 Å². The van der Waals surface area contributed by atoms with Crippen molar-refractivity contribution in [1.29, 1.82) is 0 Å². The van der Waals surface area contributed by atoms with Crippen LogP contribution in [0.25, 0.3) is 105 Å². The molecule has 0 amide bonds. The fourth-order valence-electron chi connectivity index (χ4n) is 7.91. The van der Waals surface area contributed by atoms with Gasteiger partial charge in [-0.2, -0.15) is 0 Å². The van der Waals surface area contributed by atoms with Gasteiger partial charge in [0.1, 0.15) is 0 Å². The molecule has 0 bridgehead atoms. The third-order valence-corrected chi connectivity index (χ3v) is 10.3. The van der Waals surface area contributed by atoms with E-state index in [0.29, 0.717) is 16.8 Å². The fourth-order valence-corrected chi connectivity index (χ4v) is 7.91. The number of para-hydroxylation sites is 6. The number of hydrogen-bond acceptors (Lipinski definition) is 0. The van der Waals surface area contributed by atoms with Gasteiger partial charge in [0.05, 0.1) is 66.2 Å². The Morgan fingerprint density at radius 2 is 0.877 bits per heavy atom. The molecular formula is C54H35N3. The summed E-state index contributed by atoms with van der Waals surface area (Å²) in [6.45, 7) is 0. The van der Waals surface area contributed by atoms with Crippen molar-refractivity contribution in [3.05, 3.63) is 212 Å². The van der Waals surface area contributed by atoms with Crippen LogP contribution in [0.2, 0.25) is 0 Å². The van der Waals surface area contributed by atoms with Crippen LogP contribution < -0.4 is 0 Å². The lowest BCUT2D eigenvalue weighted by Gasteiger charge is -2.16. The van der Waals surface area contributed by atoms with Gasteiger partial charge in [-0.15, -0.1) is 0 Å². The molecule has 0 atom stereocenters. The smallest absolute Gasteiger partial charge is 0.0667 e. The van der Waals surface area contributed by atoms with Crippen molar-refractivity contribution in [3.8, 4) is 39.3 Å². The summed E-state index contributed by atoms with van der Waals surface area (Å²) in [7, 11) is 0. The molecule has 12 aromatic rings. The van der Waals surface area contributed by atoms with E-state index in [1.54, 1.807) is 72.8 Å². The van der Waals surface area contributed by atoms with Crippen molar-refractivity contribution in [2.24, 2.45) is 0 Å². The topological polar surface area (TPSA) is 14.8 Å². The number of fused-ring (bicyclic) bond motifs is 9. The van der Waals surface area contributed by atoms with Gasteiger partial charge in [0, 0.05) is 54.8 Å². The molecule has 0 aliphatic rings. The maximum atomic E-state index is 10.3. The van der Waals surface area contributed by atoms with Crippen LogP contribution in [-0.2, 0) is 0 Å². The van der Waals surface area contributed by atoms with Crippen molar-refractivity contribution in [2.75, 3.05) is 0 Å². The molecule has 3 heterocycles. The molecule has 0 saturated carbocycles. The van der Waals surface area contributed by atoms with Gasteiger partial charge in [-0.1, -0.05) is 151 Å². The second kappa shape index (κ2) is 12.5. The van der Waals surface area contributed by atoms with Crippen LogP contribution in [0.3, 0.4) is 0 Å². The predicted octanol–water partition coefficient (Wildman–Crippen LogP) is 14.3. The van der Waals surface area contributed by atoms with E-state index in [1.807, 2.05) is 12.1 Å². The van der Waals surface area contributed by atoms with Gasteiger partial charge in [0.2, 0.25) is 0 Å². The summed E-state index contributed by atoms with van der Waals surface area (Å²) in [6.07, 6.45) is 0. The molecule has 3 aromatic heterocycles. The zero-order valence-electron chi connectivity index (χ0n) is 49.5. The molecule has 0 N–H and O–H groups in total. The lowest BCUT2D eigenvalue weighted by atomic mass is 9.99. The Labute approximate surface area is 357 Å². The minimum atomic E-state index is -0.790. The summed E-state index contributed by atoms with van der Waals surface area (Å²) in [5, 5.41) is -1.28. The SMILES string of the molecule is [2H]c1c([2H])c([2H])c2c(c1[2H])c1c([2H])cc(-n3c4c([2H])c([2H])c([2H])c([2H])c4c4c([2H])c(-c5c([2H])c([2H])c([2H])c6c7c([2H])c([2H])c([2H])c([2H])c7n(-c7ccccc7-c7ccccc7)c56)c([2H])c([2H])c43)c([2H])c1n2-c1ccccc1. The van der Waals surface area contributed by atoms with Crippen LogP contribution in [0.5, 0.6) is 0 Å². The second-order valence-corrected chi connectivity index (χ2v) is 13.4. The highest BCUT2D eigenvalue weighted by Crippen LogP contribution is 2.43. The van der Waals surface area contributed by atoms with E-state index >= 15 is 0 Å². The highest BCUT2D eigenvalue weighted by atomic mass is 15.0. The standard InChI is InChI=1S/C54H35N3/c1-3-16-36(17-4-1)40-20-7-11-26-48(40)57-51-29-14-9-22-43(51)46-25-15-24-41(54(46)57)37-30-33-52-47(34-37)44-23-10-13-28-50(44)56(52)39-31-32-45-42-21-8-12-27-49(42)55(53(45)35-39)38-18-5-2-6-19-38/h1-35H/i8D,9D,10D,12D,13D,14D,15D,21D,22D,23D,24D,25D,27D,28D,29D,30D,32D,33D,34D,35D. The minimum absolute atomic E-state index is 0.0509. The molecule has 57 heavy (non-hydrogen) atoms. The van der Waals surface area contributed by atoms with E-state index in [-0.39, 0.29) is 77.3 Å². The Bertz CT molecular complexity index is 4680. The number of aromatic nitrogens is 3. The third-order valence-electron chi connectivity index (χ3n) is 10.3. The normalized spacial score (nSPS) is 16.8. The summed E-state index contributed by atoms with van der Waals surface area (Å²) >= 11 is 0. The summed E-state index contributed by atoms with van der Waals surface area (Å²) < 4.78 is 190. The highest BCUT2D eigenvalue weighted by molar-refractivity contribution is 6.16. The van der Waals surface area contributed by atoms with E-state index in [4.69, 9.17) is 11.0 Å². The molecular weight excluding hydrogens is 691 g/mol. The minimum Gasteiger partial charge on any atom is -0.309 e. The Hall–Kier alpha value is -7.62. The van der Waals surface area contributed by atoms with E-state index < -0.39 is 131 Å². The zero-order chi connectivity index (χ0) is 54.9. The van der Waals surface area contributed by atoms with Gasteiger partial charge in [-0.05, 0) is 71.6 Å². The van der Waals surface area contributed by atoms with Crippen molar-refractivity contribution in [3.63, 3.8) is 0 Å². The monoisotopic (exact) mass is 745 g/mol. The largest absolute Gasteiger partial charge is 0.309 e. The zero-order valence-corrected chi connectivity index (χ0v) is 29.5. The average Bonchev–Trinajstić information content (AvgIpc) is 3.78. The van der Waals surface area contributed by atoms with Crippen LogP contribution in [0, 0.1) is 0 Å². The maximum Gasteiger partial charge on any atom is 0.0667 e. The molecule has 9 aromatic carbocycles. The molecule has 12 rings (SSSR count). The molecule has 0 aliphatic heterocycles. The summed E-state index contributed by atoms with van der Waals surface area (Å²) in [6, 6.07) is 12.7. The molecule has 0 unspecified atom stereocenters. The Morgan fingerprint density at radius 3 is 1.63 bits per heavy atom. The van der Waals surface area contributed by atoms with Gasteiger partial charge in [-0.3, -0.25) is 0 Å². The van der Waals surface area contributed by atoms with Gasteiger partial charge >= 0.3 is 0 Å². The lowest BCUT2D eigenvalue weighted by molar-refractivity contribution is 1.15. The lowest BCUT2D eigenvalue weighted by Crippen LogP contribution is -1.98. The predicted molar refractivity (Wildman–Crippen MR) is 240 cm³/mol. The molecule has 3 nitrogen and oxygen atoms in total. The Morgan fingerprint density at radius 1 is 0.316 bits per heavy atom. The van der Waals surface area contributed by atoms with Crippen LogP contribution in [0.4, 0.5) is 0 Å². The quantitative estimate of drug-likeness (QED) is 0.167. The second-order valence-electron chi connectivity index (χ2n) is 13.4. The first-order valence-electron chi connectivity index (χ1n) is 28.0.